The SMILES string of the molecule is CC(=O)N(N)OC(F)F. The molecule has 0 atom stereocenters. The molecule has 0 aromatic carbocycles. The van der Waals surface area contributed by atoms with Crippen LogP contribution in [0.1, 0.15) is 6.92 Å². The van der Waals surface area contributed by atoms with Crippen LogP contribution in [0.3, 0.4) is 0 Å². The van der Waals surface area contributed by atoms with Crippen molar-refractivity contribution in [3.05, 3.63) is 0 Å². The van der Waals surface area contributed by atoms with Gasteiger partial charge >= 0.3 is 6.61 Å². The van der Waals surface area contributed by atoms with Crippen molar-refractivity contribution >= 4 is 5.91 Å². The zero-order valence-electron chi connectivity index (χ0n) is 4.67. The molecule has 0 saturated carbocycles. The Morgan fingerprint density at radius 1 is 1.78 bits per heavy atom. The fraction of sp³-hybridized carbons (Fsp3) is 0.667. The molecule has 4 nitrogen and oxygen atoms in total. The van der Waals surface area contributed by atoms with E-state index in [0.29, 0.717) is 0 Å². The molecule has 0 spiro atoms. The van der Waals surface area contributed by atoms with E-state index in [-0.39, 0.29) is 5.17 Å². The molecule has 0 bridgehead atoms. The smallest absolute Gasteiger partial charge is 0.271 e. The van der Waals surface area contributed by atoms with Gasteiger partial charge in [0, 0.05) is 6.92 Å². The predicted octanol–water partition coefficient (Wildman–Crippen LogP) is -0.137. The summed E-state index contributed by atoms with van der Waals surface area (Å²) in [5.41, 5.74) is 0. The van der Waals surface area contributed by atoms with Crippen LogP contribution in [0.5, 0.6) is 0 Å². The molecule has 0 unspecified atom stereocenters. The van der Waals surface area contributed by atoms with Crippen molar-refractivity contribution in [2.45, 2.75) is 13.5 Å². The maximum atomic E-state index is 11.1. The number of rotatable bonds is 2. The van der Waals surface area contributed by atoms with Gasteiger partial charge in [0.05, 0.1) is 0 Å². The molecule has 0 fully saturated rings. The minimum absolute atomic E-state index is 0.0231. The van der Waals surface area contributed by atoms with Crippen LogP contribution < -0.4 is 5.84 Å². The summed E-state index contributed by atoms with van der Waals surface area (Å²) >= 11 is 0. The molecular formula is C3H6F2N2O2. The number of halogens is 2. The van der Waals surface area contributed by atoms with E-state index in [1.165, 1.54) is 0 Å². The molecule has 1 amide bonds. The highest BCUT2D eigenvalue weighted by Crippen LogP contribution is 1.95. The Morgan fingerprint density at radius 3 is 2.33 bits per heavy atom. The molecule has 6 heteroatoms. The number of carbonyl (C=O) groups excluding carboxylic acids is 1. The number of hydrazine groups is 1. The first-order chi connectivity index (χ1) is 4.04. The van der Waals surface area contributed by atoms with E-state index in [0.717, 1.165) is 6.92 Å². The normalized spacial score (nSPS) is 9.89. The summed E-state index contributed by atoms with van der Waals surface area (Å²) in [6, 6.07) is 0. The molecule has 0 rings (SSSR count). The van der Waals surface area contributed by atoms with Crippen molar-refractivity contribution in [2.24, 2.45) is 5.84 Å². The largest absolute Gasteiger partial charge is 0.366 e. The molecule has 0 radical (unpaired) electrons. The quantitative estimate of drug-likeness (QED) is 0.330. The number of carbonyl (C=O) groups is 1. The first-order valence-electron chi connectivity index (χ1n) is 2.04. The molecule has 54 valence electrons. The Kier molecular flexibility index (Phi) is 3.03. The lowest BCUT2D eigenvalue weighted by molar-refractivity contribution is -0.273. The third kappa shape index (κ3) is 3.80. The molecule has 0 saturated heterocycles. The second-order valence-corrected chi connectivity index (χ2v) is 1.21. The first kappa shape index (κ1) is 8.25. The number of alkyl halides is 2. The van der Waals surface area contributed by atoms with Gasteiger partial charge in [0.25, 0.3) is 5.91 Å². The van der Waals surface area contributed by atoms with E-state index in [2.05, 4.69) is 10.7 Å². The van der Waals surface area contributed by atoms with Crippen LogP contribution in [0.2, 0.25) is 0 Å². The number of hydroxylamine groups is 1. The van der Waals surface area contributed by atoms with E-state index in [4.69, 9.17) is 0 Å². The monoisotopic (exact) mass is 140 g/mol. The predicted molar refractivity (Wildman–Crippen MR) is 23.8 cm³/mol. The van der Waals surface area contributed by atoms with Crippen LogP contribution in [0.25, 0.3) is 0 Å². The standard InChI is InChI=1S/C3H6F2N2O2/c1-2(8)7(6)9-3(4)5/h3H,6H2,1H3. The summed E-state index contributed by atoms with van der Waals surface area (Å²) in [4.78, 5) is 13.5. The molecule has 0 aliphatic carbocycles. The lowest BCUT2D eigenvalue weighted by Crippen LogP contribution is -2.37. The fourth-order valence-corrected chi connectivity index (χ4v) is 0.160. The zero-order valence-corrected chi connectivity index (χ0v) is 4.67. The van der Waals surface area contributed by atoms with Crippen LogP contribution in [-0.4, -0.2) is 17.7 Å². The summed E-state index contributed by atoms with van der Waals surface area (Å²) in [6.45, 7) is -2.05. The van der Waals surface area contributed by atoms with E-state index in [1.54, 1.807) is 0 Å². The Labute approximate surface area is 50.1 Å². The van der Waals surface area contributed by atoms with Gasteiger partial charge in [-0.1, -0.05) is 0 Å². The van der Waals surface area contributed by atoms with Crippen molar-refractivity contribution in [2.75, 3.05) is 0 Å². The summed E-state index contributed by atoms with van der Waals surface area (Å²) in [5.74, 6) is 3.82. The molecule has 0 heterocycles. The van der Waals surface area contributed by atoms with E-state index in [1.807, 2.05) is 0 Å². The van der Waals surface area contributed by atoms with E-state index in [9.17, 15) is 13.6 Å². The van der Waals surface area contributed by atoms with Crippen molar-refractivity contribution in [3.8, 4) is 0 Å². The fourth-order valence-electron chi connectivity index (χ4n) is 0.160. The van der Waals surface area contributed by atoms with Gasteiger partial charge in [-0.25, -0.2) is 5.84 Å². The average Bonchev–Trinajstić information content (AvgIpc) is 1.63. The lowest BCUT2D eigenvalue weighted by Gasteiger charge is -2.11. The van der Waals surface area contributed by atoms with Gasteiger partial charge in [-0.2, -0.15) is 13.6 Å². The van der Waals surface area contributed by atoms with Crippen LogP contribution in [0, 0.1) is 0 Å². The Hall–Kier alpha value is -0.750. The van der Waals surface area contributed by atoms with Crippen LogP contribution >= 0.6 is 0 Å². The van der Waals surface area contributed by atoms with Gasteiger partial charge in [-0.05, 0) is 0 Å². The number of nitrogens with two attached hydrogens (primary N) is 1. The topological polar surface area (TPSA) is 55.6 Å². The molecule has 0 aromatic rings. The molecule has 2 N–H and O–H groups in total. The Morgan fingerprint density at radius 2 is 2.22 bits per heavy atom. The highest BCUT2D eigenvalue weighted by molar-refractivity contribution is 5.71. The third-order valence-corrected chi connectivity index (χ3v) is 0.504. The van der Waals surface area contributed by atoms with Crippen molar-refractivity contribution in [1.29, 1.82) is 0 Å². The highest BCUT2D eigenvalue weighted by Gasteiger charge is 2.09. The van der Waals surface area contributed by atoms with Crippen LogP contribution in [0.4, 0.5) is 8.78 Å². The minimum atomic E-state index is -3.06. The molecule has 0 aromatic heterocycles. The third-order valence-electron chi connectivity index (χ3n) is 0.504. The average molecular weight is 140 g/mol. The van der Waals surface area contributed by atoms with Crippen LogP contribution in [-0.2, 0) is 9.63 Å². The maximum absolute atomic E-state index is 11.1. The molecule has 9 heavy (non-hydrogen) atoms. The number of amides is 1. The van der Waals surface area contributed by atoms with Gasteiger partial charge in [0.1, 0.15) is 0 Å². The molecular weight excluding hydrogens is 134 g/mol. The summed E-state index contributed by atoms with van der Waals surface area (Å²) in [6.07, 6.45) is 0. The van der Waals surface area contributed by atoms with E-state index < -0.39 is 12.5 Å². The zero-order chi connectivity index (χ0) is 7.44. The number of hydrogen-bond donors (Lipinski definition) is 1. The van der Waals surface area contributed by atoms with Crippen LogP contribution in [0.15, 0.2) is 0 Å². The minimum Gasteiger partial charge on any atom is -0.271 e. The van der Waals surface area contributed by atoms with Crippen molar-refractivity contribution < 1.29 is 18.4 Å². The highest BCUT2D eigenvalue weighted by atomic mass is 19.3. The summed E-state index contributed by atoms with van der Waals surface area (Å²) < 4.78 is 22.3. The summed E-state index contributed by atoms with van der Waals surface area (Å²) in [7, 11) is 0. The van der Waals surface area contributed by atoms with Gasteiger partial charge < -0.3 is 0 Å². The maximum Gasteiger partial charge on any atom is 0.366 e. The second-order valence-electron chi connectivity index (χ2n) is 1.21. The first-order valence-corrected chi connectivity index (χ1v) is 2.04. The van der Waals surface area contributed by atoms with Crippen molar-refractivity contribution in [3.63, 3.8) is 0 Å². The lowest BCUT2D eigenvalue weighted by atomic mass is 10.8. The van der Waals surface area contributed by atoms with E-state index >= 15 is 0 Å². The van der Waals surface area contributed by atoms with Crippen molar-refractivity contribution in [1.82, 2.24) is 5.17 Å². The van der Waals surface area contributed by atoms with Gasteiger partial charge in [-0.3, -0.25) is 4.79 Å². The van der Waals surface area contributed by atoms with Gasteiger partial charge in [0.15, 0.2) is 0 Å². The molecule has 0 aliphatic heterocycles. The number of nitrogens with zero attached hydrogens (tertiary/aromatic N) is 1. The molecule has 0 aliphatic rings. The second kappa shape index (κ2) is 3.31. The van der Waals surface area contributed by atoms with Gasteiger partial charge in [0.2, 0.25) is 0 Å². The number of hydrogen-bond acceptors (Lipinski definition) is 3. The van der Waals surface area contributed by atoms with Gasteiger partial charge in [-0.15, -0.1) is 5.17 Å². The Balaban J connectivity index is 3.50. The Bertz CT molecular complexity index is 108. The summed E-state index contributed by atoms with van der Waals surface area (Å²) in [5, 5.41) is -0.0231.